The number of rotatable bonds is 6. The lowest BCUT2D eigenvalue weighted by molar-refractivity contribution is -0.112. The van der Waals surface area contributed by atoms with Crippen LogP contribution in [0.4, 0.5) is 5.82 Å². The van der Waals surface area contributed by atoms with Gasteiger partial charge in [0.1, 0.15) is 5.75 Å². The highest BCUT2D eigenvalue weighted by Crippen LogP contribution is 2.26. The number of phenols is 1. The number of phenolic OH excluding ortho intramolecular Hbond substituents is 1. The summed E-state index contributed by atoms with van der Waals surface area (Å²) in [6.45, 7) is 9.08. The third-order valence-corrected chi connectivity index (χ3v) is 3.97. The zero-order valence-corrected chi connectivity index (χ0v) is 15.2. The Morgan fingerprint density at radius 2 is 2.12 bits per heavy atom. The molecule has 0 aliphatic heterocycles. The van der Waals surface area contributed by atoms with Crippen molar-refractivity contribution in [3.8, 4) is 17.0 Å². The van der Waals surface area contributed by atoms with E-state index in [0.29, 0.717) is 17.1 Å². The fourth-order valence-electron chi connectivity index (χ4n) is 2.41. The van der Waals surface area contributed by atoms with E-state index in [-0.39, 0.29) is 11.7 Å². The van der Waals surface area contributed by atoms with Crippen LogP contribution >= 0.6 is 0 Å². The molecule has 0 fully saturated rings. The van der Waals surface area contributed by atoms with Gasteiger partial charge in [0, 0.05) is 11.8 Å². The minimum Gasteiger partial charge on any atom is -0.508 e. The summed E-state index contributed by atoms with van der Waals surface area (Å²) in [6.07, 6.45) is 7.09. The summed E-state index contributed by atoms with van der Waals surface area (Å²) >= 11 is 0. The first-order chi connectivity index (χ1) is 12.5. The van der Waals surface area contributed by atoms with E-state index in [1.165, 1.54) is 12.4 Å². The van der Waals surface area contributed by atoms with Crippen LogP contribution in [0.15, 0.2) is 59.0 Å². The lowest BCUT2D eigenvalue weighted by atomic mass is 10.0. The van der Waals surface area contributed by atoms with Crippen LogP contribution in [-0.2, 0) is 11.2 Å². The molecular weight excluding hydrogens is 328 g/mol. The van der Waals surface area contributed by atoms with Gasteiger partial charge in [-0.1, -0.05) is 19.1 Å². The number of aromatic hydroxyl groups is 1. The molecule has 26 heavy (non-hydrogen) atoms. The van der Waals surface area contributed by atoms with Crippen molar-refractivity contribution in [3.05, 3.63) is 59.6 Å². The summed E-state index contributed by atoms with van der Waals surface area (Å²) in [7, 11) is 0. The standard InChI is InChI=1S/C20H22N4O2/c1-5-13(3)17(10-21-4)20(26)24-19-12-22-18(11-23-19)16-9-15(25)8-7-14(16)6-2/h5,7-12,25H,4,6H2,1-3H3,(H,23,24,26)/b13-5-,17-10+. The average Bonchev–Trinajstić information content (AvgIpc) is 2.66. The molecule has 0 bridgehead atoms. The quantitative estimate of drug-likeness (QED) is 0.470. The predicted octanol–water partition coefficient (Wildman–Crippen LogP) is 3.90. The Labute approximate surface area is 153 Å². The van der Waals surface area contributed by atoms with E-state index in [4.69, 9.17) is 0 Å². The number of allylic oxidation sites excluding steroid dienone is 1. The van der Waals surface area contributed by atoms with Gasteiger partial charge in [0.2, 0.25) is 0 Å². The van der Waals surface area contributed by atoms with Crippen molar-refractivity contribution in [3.63, 3.8) is 0 Å². The molecular formula is C20H22N4O2. The summed E-state index contributed by atoms with van der Waals surface area (Å²) in [5.74, 6) is 0.169. The van der Waals surface area contributed by atoms with Crippen molar-refractivity contribution < 1.29 is 9.90 Å². The molecule has 2 N–H and O–H groups in total. The van der Waals surface area contributed by atoms with Crippen LogP contribution in [0.2, 0.25) is 0 Å². The predicted molar refractivity (Wildman–Crippen MR) is 104 cm³/mol. The molecule has 1 aromatic heterocycles. The second-order valence-corrected chi connectivity index (χ2v) is 5.63. The number of amides is 1. The monoisotopic (exact) mass is 350 g/mol. The normalized spacial score (nSPS) is 12.0. The third-order valence-electron chi connectivity index (χ3n) is 3.97. The summed E-state index contributed by atoms with van der Waals surface area (Å²) < 4.78 is 0. The second-order valence-electron chi connectivity index (χ2n) is 5.63. The molecule has 0 unspecified atom stereocenters. The Kier molecular flexibility index (Phi) is 6.38. The van der Waals surface area contributed by atoms with Gasteiger partial charge in [0.25, 0.3) is 5.91 Å². The Morgan fingerprint density at radius 1 is 1.35 bits per heavy atom. The first kappa shape index (κ1) is 19.1. The maximum atomic E-state index is 12.4. The molecule has 6 heteroatoms. The molecule has 1 heterocycles. The maximum Gasteiger partial charge on any atom is 0.258 e. The van der Waals surface area contributed by atoms with Crippen LogP contribution in [0.25, 0.3) is 11.3 Å². The average molecular weight is 350 g/mol. The zero-order valence-electron chi connectivity index (χ0n) is 15.2. The van der Waals surface area contributed by atoms with E-state index in [0.717, 1.165) is 23.1 Å². The number of hydrogen-bond donors (Lipinski definition) is 2. The van der Waals surface area contributed by atoms with Crippen molar-refractivity contribution in [1.29, 1.82) is 0 Å². The molecule has 0 saturated carbocycles. The first-order valence-electron chi connectivity index (χ1n) is 8.25. The van der Waals surface area contributed by atoms with Crippen LogP contribution in [0.3, 0.4) is 0 Å². The lowest BCUT2D eigenvalue weighted by Crippen LogP contribution is -2.16. The van der Waals surface area contributed by atoms with Crippen LogP contribution in [-0.4, -0.2) is 27.7 Å². The Hall–Kier alpha value is -3.28. The number of nitrogens with one attached hydrogen (secondary N) is 1. The molecule has 1 aromatic carbocycles. The SMILES string of the molecule is C=N/C=C(C(=O)Nc1cnc(-c2cc(O)ccc2CC)cn1)\C(C)=C/C. The van der Waals surface area contributed by atoms with Gasteiger partial charge < -0.3 is 10.4 Å². The Bertz CT molecular complexity index is 868. The van der Waals surface area contributed by atoms with Crippen LogP contribution in [0.1, 0.15) is 26.3 Å². The number of aliphatic imine (C=N–C) groups is 1. The molecule has 1 amide bonds. The largest absolute Gasteiger partial charge is 0.508 e. The number of carbonyl (C=O) groups excluding carboxylic acids is 1. The molecule has 2 rings (SSSR count). The molecule has 0 spiro atoms. The molecule has 0 saturated heterocycles. The molecule has 134 valence electrons. The van der Waals surface area contributed by atoms with Crippen molar-refractivity contribution in [1.82, 2.24) is 9.97 Å². The van der Waals surface area contributed by atoms with E-state index in [1.807, 2.05) is 32.9 Å². The summed E-state index contributed by atoms with van der Waals surface area (Å²) in [5.41, 5.74) is 3.70. The van der Waals surface area contributed by atoms with E-state index in [9.17, 15) is 9.90 Å². The highest BCUT2D eigenvalue weighted by Gasteiger charge is 2.13. The van der Waals surface area contributed by atoms with Crippen LogP contribution in [0, 0.1) is 0 Å². The lowest BCUT2D eigenvalue weighted by Gasteiger charge is -2.10. The second kappa shape index (κ2) is 8.71. The fraction of sp³-hybridized carbons (Fsp3) is 0.200. The number of hydrogen-bond acceptors (Lipinski definition) is 5. The molecule has 0 radical (unpaired) electrons. The minimum absolute atomic E-state index is 0.171. The molecule has 6 nitrogen and oxygen atoms in total. The molecule has 0 aliphatic rings. The van der Waals surface area contributed by atoms with E-state index >= 15 is 0 Å². The van der Waals surface area contributed by atoms with Gasteiger partial charge >= 0.3 is 0 Å². The van der Waals surface area contributed by atoms with Gasteiger partial charge in [-0.3, -0.25) is 14.8 Å². The van der Waals surface area contributed by atoms with Gasteiger partial charge in [0.05, 0.1) is 23.7 Å². The fourth-order valence-corrected chi connectivity index (χ4v) is 2.41. The van der Waals surface area contributed by atoms with Crippen molar-refractivity contribution in [2.75, 3.05) is 5.32 Å². The van der Waals surface area contributed by atoms with Crippen LogP contribution < -0.4 is 5.32 Å². The van der Waals surface area contributed by atoms with Gasteiger partial charge in [-0.25, -0.2) is 4.98 Å². The van der Waals surface area contributed by atoms with Gasteiger partial charge in [0.15, 0.2) is 5.82 Å². The van der Waals surface area contributed by atoms with Crippen LogP contribution in [0.5, 0.6) is 5.75 Å². The minimum atomic E-state index is -0.332. The van der Waals surface area contributed by atoms with Crippen molar-refractivity contribution in [2.24, 2.45) is 4.99 Å². The molecule has 0 aliphatic carbocycles. The van der Waals surface area contributed by atoms with Gasteiger partial charge in [-0.2, -0.15) is 0 Å². The number of carbonyl (C=O) groups is 1. The topological polar surface area (TPSA) is 87.5 Å². The zero-order chi connectivity index (χ0) is 19.1. The summed E-state index contributed by atoms with van der Waals surface area (Å²) in [5, 5.41) is 12.4. The maximum absolute atomic E-state index is 12.4. The first-order valence-corrected chi connectivity index (χ1v) is 8.25. The van der Waals surface area contributed by atoms with E-state index in [2.05, 4.69) is 27.0 Å². The van der Waals surface area contributed by atoms with Crippen molar-refractivity contribution >= 4 is 18.4 Å². The number of aromatic nitrogens is 2. The number of nitrogens with zero attached hydrogens (tertiary/aromatic N) is 3. The third kappa shape index (κ3) is 4.42. The number of aryl methyl sites for hydroxylation is 1. The number of benzene rings is 1. The van der Waals surface area contributed by atoms with E-state index < -0.39 is 0 Å². The Morgan fingerprint density at radius 3 is 2.69 bits per heavy atom. The highest BCUT2D eigenvalue weighted by atomic mass is 16.3. The number of anilines is 1. The smallest absolute Gasteiger partial charge is 0.258 e. The molecule has 2 aromatic rings. The van der Waals surface area contributed by atoms with Gasteiger partial charge in [-0.05, 0) is 50.3 Å². The van der Waals surface area contributed by atoms with E-state index in [1.54, 1.807) is 18.3 Å². The summed E-state index contributed by atoms with van der Waals surface area (Å²) in [4.78, 5) is 24.7. The summed E-state index contributed by atoms with van der Waals surface area (Å²) in [6, 6.07) is 5.17. The van der Waals surface area contributed by atoms with Gasteiger partial charge in [-0.15, -0.1) is 0 Å². The molecule has 0 atom stereocenters. The Balaban J connectivity index is 2.25. The van der Waals surface area contributed by atoms with Crippen molar-refractivity contribution in [2.45, 2.75) is 27.2 Å². The highest BCUT2D eigenvalue weighted by molar-refractivity contribution is 6.06.